The number of hydrogen-bond acceptors (Lipinski definition) is 3. The second-order valence-electron chi connectivity index (χ2n) is 2.46. The van der Waals surface area contributed by atoms with E-state index in [1.54, 1.807) is 11.3 Å². The first-order valence-corrected chi connectivity index (χ1v) is 4.60. The molecule has 0 aliphatic rings. The summed E-state index contributed by atoms with van der Waals surface area (Å²) in [5.41, 5.74) is 1.26. The summed E-state index contributed by atoms with van der Waals surface area (Å²) in [4.78, 5) is 8.17. The highest BCUT2D eigenvalue weighted by atomic mass is 32.1. The third-order valence-electron chi connectivity index (χ3n) is 1.59. The van der Waals surface area contributed by atoms with Gasteiger partial charge in [0.25, 0.3) is 0 Å². The number of pyridine rings is 1. The maximum Gasteiger partial charge on any atom is 0.0968 e. The van der Waals surface area contributed by atoms with Crippen LogP contribution in [0.2, 0.25) is 0 Å². The molecular weight excluding hydrogens is 168 g/mol. The van der Waals surface area contributed by atoms with Crippen molar-refractivity contribution >= 4 is 11.3 Å². The SMILES string of the molecule is c1cc(Cc2nccs2)ccn1. The zero-order valence-electron chi connectivity index (χ0n) is 6.47. The van der Waals surface area contributed by atoms with Crippen molar-refractivity contribution in [1.82, 2.24) is 9.97 Å². The molecule has 0 spiro atoms. The van der Waals surface area contributed by atoms with E-state index in [9.17, 15) is 0 Å². The summed E-state index contributed by atoms with van der Waals surface area (Å²) < 4.78 is 0. The Labute approximate surface area is 74.9 Å². The van der Waals surface area contributed by atoms with Gasteiger partial charge in [-0.3, -0.25) is 4.98 Å². The van der Waals surface area contributed by atoms with Gasteiger partial charge in [-0.2, -0.15) is 0 Å². The molecule has 2 aromatic rings. The molecule has 2 rings (SSSR count). The molecule has 12 heavy (non-hydrogen) atoms. The number of aromatic nitrogens is 2. The van der Waals surface area contributed by atoms with Crippen LogP contribution >= 0.6 is 11.3 Å². The number of hydrogen-bond donors (Lipinski definition) is 0. The third kappa shape index (κ3) is 1.68. The van der Waals surface area contributed by atoms with E-state index < -0.39 is 0 Å². The van der Waals surface area contributed by atoms with Gasteiger partial charge in [0.2, 0.25) is 0 Å². The van der Waals surface area contributed by atoms with Gasteiger partial charge in [-0.15, -0.1) is 11.3 Å². The predicted molar refractivity (Wildman–Crippen MR) is 49.2 cm³/mol. The molecule has 60 valence electrons. The summed E-state index contributed by atoms with van der Waals surface area (Å²) in [6.45, 7) is 0. The van der Waals surface area contributed by atoms with E-state index in [1.165, 1.54) is 5.56 Å². The van der Waals surface area contributed by atoms with Crippen molar-refractivity contribution in [2.24, 2.45) is 0 Å². The van der Waals surface area contributed by atoms with Crippen LogP contribution in [0, 0.1) is 0 Å². The topological polar surface area (TPSA) is 25.8 Å². The number of rotatable bonds is 2. The molecule has 0 aliphatic carbocycles. The first-order chi connectivity index (χ1) is 5.95. The van der Waals surface area contributed by atoms with Gasteiger partial charge in [-0.05, 0) is 17.7 Å². The molecule has 2 aromatic heterocycles. The van der Waals surface area contributed by atoms with Gasteiger partial charge in [-0.25, -0.2) is 4.98 Å². The maximum atomic E-state index is 4.21. The van der Waals surface area contributed by atoms with Crippen LogP contribution in [-0.2, 0) is 6.42 Å². The molecule has 0 fully saturated rings. The Morgan fingerprint density at radius 1 is 1.17 bits per heavy atom. The highest BCUT2D eigenvalue weighted by Gasteiger charge is 1.96. The van der Waals surface area contributed by atoms with Crippen molar-refractivity contribution in [3.63, 3.8) is 0 Å². The zero-order chi connectivity index (χ0) is 8.23. The highest BCUT2D eigenvalue weighted by molar-refractivity contribution is 7.09. The van der Waals surface area contributed by atoms with Crippen LogP contribution < -0.4 is 0 Å². The minimum absolute atomic E-state index is 0.917. The fourth-order valence-corrected chi connectivity index (χ4v) is 1.67. The lowest BCUT2D eigenvalue weighted by atomic mass is 10.2. The lowest BCUT2D eigenvalue weighted by molar-refractivity contribution is 1.12. The average Bonchev–Trinajstić information content (AvgIpc) is 2.59. The second kappa shape index (κ2) is 3.45. The summed E-state index contributed by atoms with van der Waals surface area (Å²) in [5.74, 6) is 0. The van der Waals surface area contributed by atoms with E-state index in [4.69, 9.17) is 0 Å². The van der Waals surface area contributed by atoms with Crippen molar-refractivity contribution in [1.29, 1.82) is 0 Å². The van der Waals surface area contributed by atoms with E-state index in [0.717, 1.165) is 11.4 Å². The zero-order valence-corrected chi connectivity index (χ0v) is 7.29. The molecule has 0 aromatic carbocycles. The number of nitrogens with zero attached hydrogens (tertiary/aromatic N) is 2. The highest BCUT2D eigenvalue weighted by Crippen LogP contribution is 2.10. The monoisotopic (exact) mass is 176 g/mol. The van der Waals surface area contributed by atoms with Crippen LogP contribution in [0.1, 0.15) is 10.6 Å². The van der Waals surface area contributed by atoms with Crippen molar-refractivity contribution < 1.29 is 0 Å². The summed E-state index contributed by atoms with van der Waals surface area (Å²) in [6.07, 6.45) is 6.37. The molecule has 0 amide bonds. The van der Waals surface area contributed by atoms with E-state index >= 15 is 0 Å². The molecule has 0 saturated carbocycles. The predicted octanol–water partition coefficient (Wildman–Crippen LogP) is 2.13. The van der Waals surface area contributed by atoms with Crippen molar-refractivity contribution in [3.8, 4) is 0 Å². The fraction of sp³-hybridized carbons (Fsp3) is 0.111. The molecule has 2 nitrogen and oxygen atoms in total. The van der Waals surface area contributed by atoms with Crippen LogP contribution in [0.4, 0.5) is 0 Å². The van der Waals surface area contributed by atoms with Gasteiger partial charge in [0.1, 0.15) is 0 Å². The van der Waals surface area contributed by atoms with Gasteiger partial charge >= 0.3 is 0 Å². The van der Waals surface area contributed by atoms with Crippen LogP contribution in [0.5, 0.6) is 0 Å². The lowest BCUT2D eigenvalue weighted by Gasteiger charge is -1.94. The molecule has 0 radical (unpaired) electrons. The molecule has 0 aliphatic heterocycles. The molecule has 0 N–H and O–H groups in total. The normalized spacial score (nSPS) is 10.0. The first kappa shape index (κ1) is 7.43. The van der Waals surface area contributed by atoms with Gasteiger partial charge < -0.3 is 0 Å². The first-order valence-electron chi connectivity index (χ1n) is 3.72. The molecule has 2 heterocycles. The Kier molecular flexibility index (Phi) is 2.14. The van der Waals surface area contributed by atoms with E-state index in [-0.39, 0.29) is 0 Å². The van der Waals surface area contributed by atoms with Crippen molar-refractivity contribution in [2.75, 3.05) is 0 Å². The second-order valence-corrected chi connectivity index (χ2v) is 3.44. The van der Waals surface area contributed by atoms with E-state index in [1.807, 2.05) is 36.1 Å². The van der Waals surface area contributed by atoms with Crippen molar-refractivity contribution in [2.45, 2.75) is 6.42 Å². The Hall–Kier alpha value is -1.22. The Morgan fingerprint density at radius 3 is 2.67 bits per heavy atom. The van der Waals surface area contributed by atoms with Crippen LogP contribution in [-0.4, -0.2) is 9.97 Å². The standard InChI is InChI=1S/C9H8N2S/c1-3-10-4-2-8(1)7-9-11-5-6-12-9/h1-6H,7H2. The molecule has 3 heteroatoms. The fourth-order valence-electron chi connectivity index (χ4n) is 1.02. The van der Waals surface area contributed by atoms with Crippen LogP contribution in [0.25, 0.3) is 0 Å². The van der Waals surface area contributed by atoms with E-state index in [2.05, 4.69) is 9.97 Å². The lowest BCUT2D eigenvalue weighted by Crippen LogP contribution is -1.85. The summed E-state index contributed by atoms with van der Waals surface area (Å²) in [6, 6.07) is 4.03. The Morgan fingerprint density at radius 2 is 2.00 bits per heavy atom. The minimum atomic E-state index is 0.917. The Bertz CT molecular complexity index is 329. The molecular formula is C9H8N2S. The van der Waals surface area contributed by atoms with Crippen LogP contribution in [0.15, 0.2) is 36.1 Å². The van der Waals surface area contributed by atoms with Gasteiger partial charge in [0.05, 0.1) is 5.01 Å². The van der Waals surface area contributed by atoms with E-state index in [0.29, 0.717) is 0 Å². The third-order valence-corrected chi connectivity index (χ3v) is 2.37. The van der Waals surface area contributed by atoms with Crippen LogP contribution in [0.3, 0.4) is 0 Å². The largest absolute Gasteiger partial charge is 0.265 e. The summed E-state index contributed by atoms with van der Waals surface area (Å²) in [7, 11) is 0. The Balaban J connectivity index is 2.15. The quantitative estimate of drug-likeness (QED) is 0.700. The average molecular weight is 176 g/mol. The smallest absolute Gasteiger partial charge is 0.0968 e. The van der Waals surface area contributed by atoms with Gasteiger partial charge in [0, 0.05) is 30.4 Å². The van der Waals surface area contributed by atoms with Crippen molar-refractivity contribution in [3.05, 3.63) is 46.7 Å². The molecule has 0 unspecified atom stereocenters. The summed E-state index contributed by atoms with van der Waals surface area (Å²) in [5, 5.41) is 3.15. The molecule has 0 saturated heterocycles. The molecule has 0 bridgehead atoms. The summed E-state index contributed by atoms with van der Waals surface area (Å²) >= 11 is 1.69. The minimum Gasteiger partial charge on any atom is -0.265 e. The number of thiazole rings is 1. The van der Waals surface area contributed by atoms with Gasteiger partial charge in [0.15, 0.2) is 0 Å². The van der Waals surface area contributed by atoms with Gasteiger partial charge in [-0.1, -0.05) is 0 Å². The maximum absolute atomic E-state index is 4.21. The molecule has 0 atom stereocenters.